The van der Waals surface area contributed by atoms with Crippen LogP contribution in [0.25, 0.3) is 0 Å². The topological polar surface area (TPSA) is 122 Å². The number of carboxylic acid groups (broad SMARTS) is 1. The average molecular weight is 285 g/mol. The highest BCUT2D eigenvalue weighted by Gasteiger charge is 2.22. The third kappa shape index (κ3) is 6.40. The van der Waals surface area contributed by atoms with Gasteiger partial charge < -0.3 is 21.5 Å². The first kappa shape index (κ1) is 16.3. The Morgan fingerprint density at radius 2 is 1.75 bits per heavy atom. The Bertz CT molecular complexity index is 352. The van der Waals surface area contributed by atoms with E-state index in [1.807, 2.05) is 0 Å². The highest BCUT2D eigenvalue weighted by Crippen LogP contribution is 2.17. The van der Waals surface area contributed by atoms with Gasteiger partial charge in [-0.3, -0.25) is 4.79 Å². The van der Waals surface area contributed by atoms with Gasteiger partial charge in [-0.25, -0.2) is 9.59 Å². The second-order valence-corrected chi connectivity index (χ2v) is 5.20. The first-order valence-electron chi connectivity index (χ1n) is 7.07. The highest BCUT2D eigenvalue weighted by molar-refractivity contribution is 5.83. The van der Waals surface area contributed by atoms with Crippen molar-refractivity contribution in [1.82, 2.24) is 10.6 Å². The fourth-order valence-electron chi connectivity index (χ4n) is 2.35. The van der Waals surface area contributed by atoms with E-state index in [4.69, 9.17) is 10.8 Å². The summed E-state index contributed by atoms with van der Waals surface area (Å²) in [6.07, 6.45) is 6.29. The van der Waals surface area contributed by atoms with Crippen molar-refractivity contribution in [2.45, 2.75) is 63.5 Å². The van der Waals surface area contributed by atoms with Crippen LogP contribution in [0, 0.1) is 0 Å². The van der Waals surface area contributed by atoms with Gasteiger partial charge >= 0.3 is 12.0 Å². The zero-order valence-corrected chi connectivity index (χ0v) is 11.6. The van der Waals surface area contributed by atoms with Crippen LogP contribution in [0.4, 0.5) is 4.79 Å². The molecule has 5 N–H and O–H groups in total. The minimum absolute atomic E-state index is 0.00273. The largest absolute Gasteiger partial charge is 0.480 e. The Morgan fingerprint density at radius 1 is 1.15 bits per heavy atom. The molecular formula is C13H23N3O4. The Labute approximate surface area is 118 Å². The number of amides is 3. The zero-order chi connectivity index (χ0) is 15.0. The van der Waals surface area contributed by atoms with Crippen molar-refractivity contribution in [2.75, 3.05) is 0 Å². The number of nitrogens with two attached hydrogens (primary N) is 1. The van der Waals surface area contributed by atoms with Crippen molar-refractivity contribution < 1.29 is 19.5 Å². The van der Waals surface area contributed by atoms with Crippen LogP contribution in [0.3, 0.4) is 0 Å². The average Bonchev–Trinajstić information content (AvgIpc) is 2.62. The minimum Gasteiger partial charge on any atom is -0.480 e. The van der Waals surface area contributed by atoms with E-state index in [9.17, 15) is 14.4 Å². The fourth-order valence-corrected chi connectivity index (χ4v) is 2.35. The number of hydrogen-bond donors (Lipinski definition) is 4. The molecule has 0 saturated heterocycles. The lowest BCUT2D eigenvalue weighted by molar-refractivity contribution is -0.139. The van der Waals surface area contributed by atoms with Gasteiger partial charge in [0.15, 0.2) is 0 Å². The predicted molar refractivity (Wildman–Crippen MR) is 73.0 cm³/mol. The fraction of sp³-hybridized carbons (Fsp3) is 0.769. The second kappa shape index (κ2) is 8.39. The molecule has 1 atom stereocenters. The van der Waals surface area contributed by atoms with Crippen LogP contribution in [-0.4, -0.2) is 35.1 Å². The summed E-state index contributed by atoms with van der Waals surface area (Å²) in [4.78, 5) is 33.4. The Kier molecular flexibility index (Phi) is 6.83. The van der Waals surface area contributed by atoms with Crippen molar-refractivity contribution in [3.63, 3.8) is 0 Å². The molecule has 1 saturated carbocycles. The summed E-state index contributed by atoms with van der Waals surface area (Å²) in [7, 11) is 0. The number of carbonyl (C=O) groups is 3. The predicted octanol–water partition coefficient (Wildman–Crippen LogP) is 0.727. The van der Waals surface area contributed by atoms with Gasteiger partial charge in [-0.15, -0.1) is 0 Å². The molecule has 7 heteroatoms. The van der Waals surface area contributed by atoms with Crippen molar-refractivity contribution >= 4 is 17.9 Å². The Morgan fingerprint density at radius 3 is 2.25 bits per heavy atom. The molecule has 0 heterocycles. The summed E-state index contributed by atoms with van der Waals surface area (Å²) in [5, 5.41) is 14.2. The molecule has 0 spiro atoms. The molecule has 3 amide bonds. The number of hydrogen-bond acceptors (Lipinski definition) is 3. The van der Waals surface area contributed by atoms with Crippen molar-refractivity contribution in [3.05, 3.63) is 0 Å². The molecule has 20 heavy (non-hydrogen) atoms. The highest BCUT2D eigenvalue weighted by atomic mass is 16.4. The SMILES string of the molecule is NC(=O)CCC(NC(=O)NC1CCCCCC1)C(=O)O. The van der Waals surface area contributed by atoms with Gasteiger partial charge in [0.2, 0.25) is 5.91 Å². The molecule has 0 radical (unpaired) electrons. The monoisotopic (exact) mass is 285 g/mol. The Balaban J connectivity index is 2.40. The molecule has 0 aliphatic heterocycles. The summed E-state index contributed by atoms with van der Waals surface area (Å²) < 4.78 is 0. The van der Waals surface area contributed by atoms with E-state index < -0.39 is 23.9 Å². The van der Waals surface area contributed by atoms with Crippen LogP contribution in [0.5, 0.6) is 0 Å². The van der Waals surface area contributed by atoms with Gasteiger partial charge in [-0.1, -0.05) is 25.7 Å². The standard InChI is InChI=1S/C13H23N3O4/c14-11(17)8-7-10(12(18)19)16-13(20)15-9-5-3-1-2-4-6-9/h9-10H,1-8H2,(H2,14,17)(H,18,19)(H2,15,16,20). The van der Waals surface area contributed by atoms with Gasteiger partial charge in [-0.05, 0) is 19.3 Å². The summed E-state index contributed by atoms with van der Waals surface area (Å²) >= 11 is 0. The first-order valence-corrected chi connectivity index (χ1v) is 7.07. The zero-order valence-electron chi connectivity index (χ0n) is 11.6. The summed E-state index contributed by atoms with van der Waals surface area (Å²) in [6, 6.07) is -1.48. The molecular weight excluding hydrogens is 262 g/mol. The number of aliphatic carboxylic acids is 1. The van der Waals surface area contributed by atoms with Crippen LogP contribution in [0.15, 0.2) is 0 Å². The molecule has 0 bridgehead atoms. The van der Waals surface area contributed by atoms with E-state index in [2.05, 4.69) is 10.6 Å². The van der Waals surface area contributed by atoms with Crippen molar-refractivity contribution in [2.24, 2.45) is 5.73 Å². The van der Waals surface area contributed by atoms with Gasteiger partial charge in [0.05, 0.1) is 0 Å². The third-order valence-corrected chi connectivity index (χ3v) is 3.47. The molecule has 1 aliphatic rings. The van der Waals surface area contributed by atoms with Gasteiger partial charge in [-0.2, -0.15) is 0 Å². The van der Waals surface area contributed by atoms with Crippen LogP contribution in [0.2, 0.25) is 0 Å². The summed E-state index contributed by atoms with van der Waals surface area (Å²) in [6.45, 7) is 0. The summed E-state index contributed by atoms with van der Waals surface area (Å²) in [5.74, 6) is -1.75. The van der Waals surface area contributed by atoms with Gasteiger partial charge in [0.25, 0.3) is 0 Å². The maximum Gasteiger partial charge on any atom is 0.326 e. The quantitative estimate of drug-likeness (QED) is 0.537. The smallest absolute Gasteiger partial charge is 0.326 e. The molecule has 7 nitrogen and oxygen atoms in total. The minimum atomic E-state index is -1.16. The maximum absolute atomic E-state index is 11.8. The van der Waals surface area contributed by atoms with E-state index in [1.165, 1.54) is 12.8 Å². The lowest BCUT2D eigenvalue weighted by Gasteiger charge is -2.19. The van der Waals surface area contributed by atoms with Crippen LogP contribution in [0.1, 0.15) is 51.4 Å². The van der Waals surface area contributed by atoms with E-state index in [0.717, 1.165) is 25.7 Å². The number of nitrogens with one attached hydrogen (secondary N) is 2. The number of carbonyl (C=O) groups excluding carboxylic acids is 2. The molecule has 1 fully saturated rings. The lowest BCUT2D eigenvalue weighted by atomic mass is 10.1. The van der Waals surface area contributed by atoms with Gasteiger partial charge in [0.1, 0.15) is 6.04 Å². The van der Waals surface area contributed by atoms with E-state index in [0.29, 0.717) is 0 Å². The van der Waals surface area contributed by atoms with E-state index >= 15 is 0 Å². The number of urea groups is 1. The molecule has 1 unspecified atom stereocenters. The molecule has 1 rings (SSSR count). The van der Waals surface area contributed by atoms with E-state index in [1.54, 1.807) is 0 Å². The third-order valence-electron chi connectivity index (χ3n) is 3.47. The second-order valence-electron chi connectivity index (χ2n) is 5.20. The normalized spacial score (nSPS) is 17.8. The van der Waals surface area contributed by atoms with Crippen molar-refractivity contribution in [3.8, 4) is 0 Å². The number of primary amides is 1. The maximum atomic E-state index is 11.8. The Hall–Kier alpha value is -1.79. The number of rotatable bonds is 6. The van der Waals surface area contributed by atoms with E-state index in [-0.39, 0.29) is 18.9 Å². The van der Waals surface area contributed by atoms with Gasteiger partial charge in [0, 0.05) is 12.5 Å². The van der Waals surface area contributed by atoms with Crippen molar-refractivity contribution in [1.29, 1.82) is 0 Å². The lowest BCUT2D eigenvalue weighted by Crippen LogP contribution is -2.49. The van der Waals surface area contributed by atoms with Crippen LogP contribution < -0.4 is 16.4 Å². The molecule has 0 aromatic rings. The number of carboxylic acids is 1. The summed E-state index contributed by atoms with van der Waals surface area (Å²) in [5.41, 5.74) is 4.98. The molecule has 0 aromatic heterocycles. The molecule has 0 aromatic carbocycles. The molecule has 1 aliphatic carbocycles. The van der Waals surface area contributed by atoms with Crippen LogP contribution >= 0.6 is 0 Å². The molecule has 114 valence electrons. The first-order chi connectivity index (χ1) is 9.49. The van der Waals surface area contributed by atoms with Crippen LogP contribution in [-0.2, 0) is 9.59 Å².